The van der Waals surface area contributed by atoms with E-state index in [0.717, 1.165) is 16.8 Å². The average molecular weight is 227 g/mol. The lowest BCUT2D eigenvalue weighted by Gasteiger charge is -2.03. The molecule has 0 N–H and O–H groups in total. The lowest BCUT2D eigenvalue weighted by atomic mass is 10.1. The second-order valence-corrected chi connectivity index (χ2v) is 4.28. The highest BCUT2D eigenvalue weighted by Gasteiger charge is 2.06. The van der Waals surface area contributed by atoms with Crippen LogP contribution in [0.2, 0.25) is 0 Å². The molecule has 0 bridgehead atoms. The highest BCUT2D eigenvalue weighted by atomic mass is 16.5. The van der Waals surface area contributed by atoms with Gasteiger partial charge in [0.05, 0.1) is 30.1 Å². The van der Waals surface area contributed by atoms with Gasteiger partial charge in [0.15, 0.2) is 5.76 Å². The van der Waals surface area contributed by atoms with Crippen LogP contribution in [0.15, 0.2) is 35.2 Å². The molecule has 0 aliphatic carbocycles. The number of hydrogen-bond acceptors (Lipinski definition) is 3. The van der Waals surface area contributed by atoms with Gasteiger partial charge in [-0.15, -0.1) is 0 Å². The van der Waals surface area contributed by atoms with Crippen LogP contribution >= 0.6 is 0 Å². The van der Waals surface area contributed by atoms with E-state index < -0.39 is 0 Å². The smallest absolute Gasteiger partial charge is 0.156 e. The molecule has 0 spiro atoms. The molecule has 4 nitrogen and oxygen atoms in total. The van der Waals surface area contributed by atoms with Crippen molar-refractivity contribution in [1.82, 2.24) is 14.7 Å². The molecular formula is C13H13N3O. The van der Waals surface area contributed by atoms with E-state index in [9.17, 15) is 0 Å². The lowest BCUT2D eigenvalue weighted by molar-refractivity contribution is 0.377. The van der Waals surface area contributed by atoms with Crippen molar-refractivity contribution in [3.63, 3.8) is 0 Å². The van der Waals surface area contributed by atoms with Gasteiger partial charge in [0, 0.05) is 6.07 Å². The molecule has 0 unspecified atom stereocenters. The van der Waals surface area contributed by atoms with Crippen LogP contribution in [0.3, 0.4) is 0 Å². The van der Waals surface area contributed by atoms with Gasteiger partial charge in [-0.3, -0.25) is 0 Å². The van der Waals surface area contributed by atoms with Crippen LogP contribution in [0.25, 0.3) is 11.0 Å². The van der Waals surface area contributed by atoms with Gasteiger partial charge in [-0.2, -0.15) is 0 Å². The number of fused-ring (bicyclic) bond motifs is 1. The minimum Gasteiger partial charge on any atom is -0.359 e. The minimum atomic E-state index is 0.666. The van der Waals surface area contributed by atoms with E-state index in [1.165, 1.54) is 11.1 Å². The molecule has 1 aromatic carbocycles. The lowest BCUT2D eigenvalue weighted by Crippen LogP contribution is -1.96. The van der Waals surface area contributed by atoms with Crippen LogP contribution in [-0.2, 0) is 6.54 Å². The zero-order valence-electron chi connectivity index (χ0n) is 9.84. The zero-order chi connectivity index (χ0) is 11.8. The van der Waals surface area contributed by atoms with Crippen molar-refractivity contribution in [2.75, 3.05) is 0 Å². The van der Waals surface area contributed by atoms with Crippen molar-refractivity contribution in [2.45, 2.75) is 20.4 Å². The molecule has 3 rings (SSSR count). The molecule has 0 atom stereocenters. The number of nitrogens with zero attached hydrogens (tertiary/aromatic N) is 3. The Bertz CT molecular complexity index is 653. The minimum absolute atomic E-state index is 0.666. The number of benzene rings is 1. The van der Waals surface area contributed by atoms with Crippen LogP contribution in [-0.4, -0.2) is 14.7 Å². The van der Waals surface area contributed by atoms with Crippen LogP contribution in [0.5, 0.6) is 0 Å². The summed E-state index contributed by atoms with van der Waals surface area (Å²) in [5, 5.41) is 3.71. The first-order chi connectivity index (χ1) is 8.24. The molecule has 0 aliphatic rings. The van der Waals surface area contributed by atoms with Crippen molar-refractivity contribution in [3.05, 3.63) is 47.6 Å². The fourth-order valence-electron chi connectivity index (χ4n) is 1.93. The van der Waals surface area contributed by atoms with E-state index >= 15 is 0 Å². The molecule has 0 amide bonds. The van der Waals surface area contributed by atoms with Gasteiger partial charge in [-0.25, -0.2) is 4.98 Å². The highest BCUT2D eigenvalue weighted by Crippen LogP contribution is 2.19. The summed E-state index contributed by atoms with van der Waals surface area (Å²) in [7, 11) is 0. The second kappa shape index (κ2) is 3.73. The molecule has 0 fully saturated rings. The van der Waals surface area contributed by atoms with E-state index in [1.807, 2.05) is 12.4 Å². The SMILES string of the molecule is Cc1cc2ncn(Cc3ccno3)c2cc1C. The number of aromatic nitrogens is 3. The summed E-state index contributed by atoms with van der Waals surface area (Å²) in [5.41, 5.74) is 4.69. The van der Waals surface area contributed by atoms with Crippen LogP contribution in [0.1, 0.15) is 16.9 Å². The van der Waals surface area contributed by atoms with E-state index in [4.69, 9.17) is 4.52 Å². The Balaban J connectivity index is 2.08. The number of imidazole rings is 1. The number of aryl methyl sites for hydroxylation is 2. The summed E-state index contributed by atoms with van der Waals surface area (Å²) in [5.74, 6) is 0.836. The third-order valence-corrected chi connectivity index (χ3v) is 3.05. The fourth-order valence-corrected chi connectivity index (χ4v) is 1.93. The Labute approximate surface area is 98.9 Å². The molecule has 0 aliphatic heterocycles. The summed E-state index contributed by atoms with van der Waals surface area (Å²) >= 11 is 0. The maximum absolute atomic E-state index is 5.11. The normalized spacial score (nSPS) is 11.2. The Morgan fingerprint density at radius 1 is 1.24 bits per heavy atom. The fraction of sp³-hybridized carbons (Fsp3) is 0.231. The highest BCUT2D eigenvalue weighted by molar-refractivity contribution is 5.77. The molecule has 2 heterocycles. The third-order valence-electron chi connectivity index (χ3n) is 3.05. The standard InChI is InChI=1S/C13H13N3O/c1-9-5-12-13(6-10(9)2)16(8-14-12)7-11-3-4-15-17-11/h3-6,8H,7H2,1-2H3. The first kappa shape index (κ1) is 10.1. The maximum atomic E-state index is 5.11. The molecule has 86 valence electrons. The van der Waals surface area contributed by atoms with Crippen LogP contribution in [0.4, 0.5) is 0 Å². The summed E-state index contributed by atoms with van der Waals surface area (Å²) < 4.78 is 7.18. The molecule has 0 saturated heterocycles. The Morgan fingerprint density at radius 2 is 2.06 bits per heavy atom. The van der Waals surface area contributed by atoms with Crippen molar-refractivity contribution >= 4 is 11.0 Å². The van der Waals surface area contributed by atoms with Crippen molar-refractivity contribution in [3.8, 4) is 0 Å². The Hall–Kier alpha value is -2.10. The molecule has 0 saturated carbocycles. The van der Waals surface area contributed by atoms with Gasteiger partial charge in [0.2, 0.25) is 0 Å². The molecule has 17 heavy (non-hydrogen) atoms. The van der Waals surface area contributed by atoms with Crippen molar-refractivity contribution in [1.29, 1.82) is 0 Å². The molecule has 2 aromatic heterocycles. The monoisotopic (exact) mass is 227 g/mol. The number of hydrogen-bond donors (Lipinski definition) is 0. The average Bonchev–Trinajstić information content (AvgIpc) is 2.92. The van der Waals surface area contributed by atoms with Crippen molar-refractivity contribution < 1.29 is 4.52 Å². The van der Waals surface area contributed by atoms with Gasteiger partial charge in [-0.1, -0.05) is 5.16 Å². The van der Waals surface area contributed by atoms with E-state index in [1.54, 1.807) is 6.20 Å². The summed E-state index contributed by atoms with van der Waals surface area (Å²) in [4.78, 5) is 4.40. The molecule has 0 radical (unpaired) electrons. The van der Waals surface area contributed by atoms with Crippen LogP contribution in [0, 0.1) is 13.8 Å². The first-order valence-corrected chi connectivity index (χ1v) is 5.55. The number of rotatable bonds is 2. The molecule has 4 heteroatoms. The van der Waals surface area contributed by atoms with Gasteiger partial charge in [0.25, 0.3) is 0 Å². The van der Waals surface area contributed by atoms with E-state index in [0.29, 0.717) is 6.54 Å². The zero-order valence-corrected chi connectivity index (χ0v) is 9.84. The predicted octanol–water partition coefficient (Wildman–Crippen LogP) is 2.69. The Kier molecular flexibility index (Phi) is 2.21. The largest absolute Gasteiger partial charge is 0.359 e. The quantitative estimate of drug-likeness (QED) is 0.676. The van der Waals surface area contributed by atoms with Gasteiger partial charge in [0.1, 0.15) is 0 Å². The molecular weight excluding hydrogens is 214 g/mol. The second-order valence-electron chi connectivity index (χ2n) is 4.28. The first-order valence-electron chi connectivity index (χ1n) is 5.55. The van der Waals surface area contributed by atoms with Gasteiger partial charge >= 0.3 is 0 Å². The summed E-state index contributed by atoms with van der Waals surface area (Å²) in [6.45, 7) is 4.88. The van der Waals surface area contributed by atoms with Crippen LogP contribution < -0.4 is 0 Å². The van der Waals surface area contributed by atoms with Gasteiger partial charge < -0.3 is 9.09 Å². The summed E-state index contributed by atoms with van der Waals surface area (Å²) in [6.07, 6.45) is 3.50. The maximum Gasteiger partial charge on any atom is 0.156 e. The van der Waals surface area contributed by atoms with E-state index in [2.05, 4.69) is 40.7 Å². The Morgan fingerprint density at radius 3 is 2.82 bits per heavy atom. The summed E-state index contributed by atoms with van der Waals surface area (Å²) in [6, 6.07) is 6.14. The van der Waals surface area contributed by atoms with Gasteiger partial charge in [-0.05, 0) is 37.1 Å². The van der Waals surface area contributed by atoms with E-state index in [-0.39, 0.29) is 0 Å². The predicted molar refractivity (Wildman–Crippen MR) is 64.8 cm³/mol. The molecule has 3 aromatic rings. The van der Waals surface area contributed by atoms with Crippen molar-refractivity contribution in [2.24, 2.45) is 0 Å². The third kappa shape index (κ3) is 1.71. The topological polar surface area (TPSA) is 43.9 Å².